The molecule has 6 heteroatoms. The van der Waals surface area contributed by atoms with Gasteiger partial charge in [-0.2, -0.15) is 0 Å². The van der Waals surface area contributed by atoms with Gasteiger partial charge in [0, 0.05) is 21.7 Å². The number of benzene rings is 3. The minimum atomic E-state index is -0.767. The molecule has 1 aliphatic rings. The first-order chi connectivity index (χ1) is 14.9. The smallest absolute Gasteiger partial charge is 0.304 e. The van der Waals surface area contributed by atoms with E-state index < -0.39 is 12.1 Å². The topological polar surface area (TPSA) is 61.2 Å². The van der Waals surface area contributed by atoms with E-state index in [4.69, 9.17) is 11.6 Å². The second kappa shape index (κ2) is 8.74. The number of hydrazone groups is 1. The highest BCUT2D eigenvalue weighted by atomic mass is 35.5. The quantitative estimate of drug-likeness (QED) is 0.613. The van der Waals surface area contributed by atoms with Crippen LogP contribution in [0.3, 0.4) is 0 Å². The minimum absolute atomic E-state index is 0.274. The number of nitrogens with zero attached hydrogens (tertiary/aromatic N) is 1. The Morgan fingerprint density at radius 2 is 1.52 bits per heavy atom. The summed E-state index contributed by atoms with van der Waals surface area (Å²) in [5.74, 6) is -0.569. The molecule has 31 heavy (non-hydrogen) atoms. The van der Waals surface area contributed by atoms with Crippen molar-refractivity contribution in [2.75, 3.05) is 0 Å². The molecule has 1 heterocycles. The maximum absolute atomic E-state index is 12.9. The van der Waals surface area contributed by atoms with E-state index in [1.165, 1.54) is 0 Å². The van der Waals surface area contributed by atoms with Crippen molar-refractivity contribution < 1.29 is 14.3 Å². The predicted molar refractivity (Wildman–Crippen MR) is 121 cm³/mol. The van der Waals surface area contributed by atoms with Crippen molar-refractivity contribution in [3.05, 3.63) is 106 Å². The highest BCUT2D eigenvalue weighted by Crippen LogP contribution is 2.26. The normalized spacial score (nSPS) is 19.3. The van der Waals surface area contributed by atoms with Gasteiger partial charge in [-0.1, -0.05) is 59.1 Å². The summed E-state index contributed by atoms with van der Waals surface area (Å²) in [5, 5.41) is 3.51. The standard InChI is InChI=1S/C25H22ClN3O2/c1-16-3-7-18(8-4-16)15-29-23(19-11-13-21(26)14-12-19)22(25(31)28-29)27-24(30)20-9-5-17(2)6-10-20/h3-15,22-23H,1-2H3,(H-,27,28,30,31)/p+1/b29-15-/t22-,23+/m0/s1. The minimum Gasteiger partial charge on any atom is -0.334 e. The Morgan fingerprint density at radius 1 is 0.935 bits per heavy atom. The molecule has 156 valence electrons. The van der Waals surface area contributed by atoms with Crippen LogP contribution in [0.15, 0.2) is 72.8 Å². The van der Waals surface area contributed by atoms with Crippen LogP contribution in [0.1, 0.15) is 38.7 Å². The maximum atomic E-state index is 12.9. The van der Waals surface area contributed by atoms with Gasteiger partial charge in [-0.25, -0.2) is 0 Å². The number of carbonyl (C=O) groups is 2. The Morgan fingerprint density at radius 3 is 2.13 bits per heavy atom. The van der Waals surface area contributed by atoms with Crippen LogP contribution in [-0.2, 0) is 4.79 Å². The van der Waals surface area contributed by atoms with Gasteiger partial charge in [0.05, 0.1) is 0 Å². The van der Waals surface area contributed by atoms with E-state index in [2.05, 4.69) is 10.7 Å². The van der Waals surface area contributed by atoms with Gasteiger partial charge in [-0.3, -0.25) is 9.59 Å². The largest absolute Gasteiger partial charge is 0.334 e. The number of hydrazine groups is 1. The number of hydrogen-bond acceptors (Lipinski definition) is 2. The molecule has 0 radical (unpaired) electrons. The fourth-order valence-corrected chi connectivity index (χ4v) is 3.71. The van der Waals surface area contributed by atoms with Crippen molar-refractivity contribution in [3.63, 3.8) is 0 Å². The number of aryl methyl sites for hydroxylation is 2. The molecule has 1 aliphatic heterocycles. The van der Waals surface area contributed by atoms with Crippen molar-refractivity contribution in [3.8, 4) is 0 Å². The number of amides is 2. The van der Waals surface area contributed by atoms with Gasteiger partial charge in [0.2, 0.25) is 12.3 Å². The number of halogens is 1. The molecule has 5 nitrogen and oxygen atoms in total. The summed E-state index contributed by atoms with van der Waals surface area (Å²) in [6, 6.07) is 21.4. The Kier molecular flexibility index (Phi) is 5.87. The van der Waals surface area contributed by atoms with E-state index >= 15 is 0 Å². The number of carbonyl (C=O) groups excluding carboxylic acids is 2. The molecule has 3 aromatic carbocycles. The molecule has 0 spiro atoms. The van der Waals surface area contributed by atoms with Gasteiger partial charge in [-0.15, -0.1) is 10.1 Å². The Bertz CT molecular complexity index is 1140. The molecule has 3 aromatic rings. The molecule has 0 bridgehead atoms. The maximum Gasteiger partial charge on any atom is 0.304 e. The van der Waals surface area contributed by atoms with E-state index in [-0.39, 0.29) is 11.8 Å². The predicted octanol–water partition coefficient (Wildman–Crippen LogP) is 3.97. The van der Waals surface area contributed by atoms with Gasteiger partial charge in [0.1, 0.15) is 0 Å². The molecule has 0 unspecified atom stereocenters. The lowest BCUT2D eigenvalue weighted by molar-refractivity contribution is -0.596. The highest BCUT2D eigenvalue weighted by Gasteiger charge is 2.47. The molecule has 1 saturated heterocycles. The lowest BCUT2D eigenvalue weighted by Gasteiger charge is -2.15. The molecule has 0 aromatic heterocycles. The Labute approximate surface area is 186 Å². The Balaban J connectivity index is 1.69. The van der Waals surface area contributed by atoms with Gasteiger partial charge in [-0.05, 0) is 50.2 Å². The summed E-state index contributed by atoms with van der Waals surface area (Å²) in [4.78, 5) is 25.7. The van der Waals surface area contributed by atoms with Crippen molar-refractivity contribution >= 4 is 29.6 Å². The van der Waals surface area contributed by atoms with Gasteiger partial charge in [0.15, 0.2) is 6.04 Å². The molecule has 2 amide bonds. The van der Waals surface area contributed by atoms with Crippen LogP contribution in [0.25, 0.3) is 0 Å². The van der Waals surface area contributed by atoms with E-state index in [9.17, 15) is 9.59 Å². The lowest BCUT2D eigenvalue weighted by atomic mass is 9.99. The van der Waals surface area contributed by atoms with Crippen LogP contribution in [0.2, 0.25) is 5.02 Å². The van der Waals surface area contributed by atoms with Gasteiger partial charge >= 0.3 is 5.91 Å². The van der Waals surface area contributed by atoms with Crippen molar-refractivity contribution in [2.45, 2.75) is 25.9 Å². The highest BCUT2D eigenvalue weighted by molar-refractivity contribution is 6.30. The van der Waals surface area contributed by atoms with Crippen molar-refractivity contribution in [1.29, 1.82) is 0 Å². The van der Waals surface area contributed by atoms with E-state index in [1.807, 2.05) is 68.6 Å². The zero-order valence-corrected chi connectivity index (χ0v) is 18.1. The van der Waals surface area contributed by atoms with E-state index in [1.54, 1.807) is 28.9 Å². The molecule has 0 saturated carbocycles. The first-order valence-corrected chi connectivity index (χ1v) is 10.4. The first-order valence-electron chi connectivity index (χ1n) is 10.0. The lowest BCUT2D eigenvalue weighted by Crippen LogP contribution is -2.42. The van der Waals surface area contributed by atoms with Crippen LogP contribution in [0.4, 0.5) is 0 Å². The third-order valence-corrected chi connectivity index (χ3v) is 5.57. The summed E-state index contributed by atoms with van der Waals surface area (Å²) in [6.45, 7) is 3.98. The average molecular weight is 433 g/mol. The van der Waals surface area contributed by atoms with Gasteiger partial charge < -0.3 is 5.32 Å². The SMILES string of the molecule is Cc1ccc(/C=[N+]2\NC(=O)[C@@H](NC(=O)c3ccc(C)cc3)[C@H]2c2ccc(Cl)cc2)cc1. The molecule has 2 N–H and O–H groups in total. The van der Waals surface area contributed by atoms with Crippen molar-refractivity contribution in [1.82, 2.24) is 10.7 Å². The van der Waals surface area contributed by atoms with E-state index in [0.29, 0.717) is 10.6 Å². The fourth-order valence-electron chi connectivity index (χ4n) is 3.58. The Hall–Kier alpha value is -3.44. The monoisotopic (exact) mass is 432 g/mol. The number of nitrogens with one attached hydrogen (secondary N) is 2. The second-order valence-electron chi connectivity index (χ2n) is 7.74. The molecular formula is C25H23ClN3O2+. The average Bonchev–Trinajstić information content (AvgIpc) is 3.05. The fraction of sp³-hybridized carbons (Fsp3) is 0.160. The molecule has 0 aliphatic carbocycles. The van der Waals surface area contributed by atoms with Crippen LogP contribution in [0, 0.1) is 13.8 Å². The molecule has 1 fully saturated rings. The molecule has 2 atom stereocenters. The summed E-state index contributed by atoms with van der Waals surface area (Å²) >= 11 is 6.07. The molecule has 4 rings (SSSR count). The first kappa shape index (κ1) is 20.8. The number of rotatable bonds is 4. The molecular weight excluding hydrogens is 410 g/mol. The summed E-state index contributed by atoms with van der Waals surface area (Å²) in [6.07, 6.45) is 1.87. The zero-order valence-electron chi connectivity index (χ0n) is 17.3. The van der Waals surface area contributed by atoms with Crippen LogP contribution >= 0.6 is 11.6 Å². The van der Waals surface area contributed by atoms with Crippen LogP contribution in [-0.4, -0.2) is 28.8 Å². The third kappa shape index (κ3) is 4.67. The summed E-state index contributed by atoms with van der Waals surface area (Å²) in [5.41, 5.74) is 7.41. The van der Waals surface area contributed by atoms with Crippen LogP contribution in [0.5, 0.6) is 0 Å². The zero-order chi connectivity index (χ0) is 22.0. The van der Waals surface area contributed by atoms with Gasteiger partial charge in [0.25, 0.3) is 5.91 Å². The number of hydrogen-bond donors (Lipinski definition) is 2. The van der Waals surface area contributed by atoms with Crippen molar-refractivity contribution in [2.24, 2.45) is 0 Å². The van der Waals surface area contributed by atoms with Crippen LogP contribution < -0.4 is 10.7 Å². The summed E-state index contributed by atoms with van der Waals surface area (Å²) < 4.78 is 1.75. The van der Waals surface area contributed by atoms with E-state index in [0.717, 1.165) is 22.3 Å². The summed E-state index contributed by atoms with van der Waals surface area (Å²) in [7, 11) is 0. The second-order valence-corrected chi connectivity index (χ2v) is 8.17. The third-order valence-electron chi connectivity index (χ3n) is 5.31.